The van der Waals surface area contributed by atoms with Crippen molar-refractivity contribution in [1.29, 1.82) is 0 Å². The molecule has 0 aliphatic rings. The van der Waals surface area contributed by atoms with E-state index in [4.69, 9.17) is 11.6 Å². The fourth-order valence-electron chi connectivity index (χ4n) is 1.49. The van der Waals surface area contributed by atoms with Gasteiger partial charge in [-0.1, -0.05) is 18.5 Å². The summed E-state index contributed by atoms with van der Waals surface area (Å²) in [4.78, 5) is 4.48. The van der Waals surface area contributed by atoms with Gasteiger partial charge in [0.15, 0.2) is 0 Å². The van der Waals surface area contributed by atoms with Gasteiger partial charge in [-0.15, -0.1) is 0 Å². The number of nitrogens with zero attached hydrogens (tertiary/aromatic N) is 3. The zero-order valence-corrected chi connectivity index (χ0v) is 10.5. The van der Waals surface area contributed by atoms with Gasteiger partial charge in [0.05, 0.1) is 17.3 Å². The van der Waals surface area contributed by atoms with E-state index < -0.39 is 0 Å². The Labute approximate surface area is 106 Å². The van der Waals surface area contributed by atoms with Crippen LogP contribution in [0.3, 0.4) is 0 Å². The third-order valence-electron chi connectivity index (χ3n) is 2.35. The minimum atomic E-state index is 0.591. The number of nitrogens with one attached hydrogen (secondary N) is 1. The Morgan fingerprint density at radius 2 is 2.29 bits per heavy atom. The van der Waals surface area contributed by atoms with E-state index in [-0.39, 0.29) is 0 Å². The maximum atomic E-state index is 6.12. The molecule has 0 fully saturated rings. The molecule has 2 aromatic rings. The van der Waals surface area contributed by atoms with Crippen LogP contribution in [0.2, 0.25) is 5.02 Å². The maximum absolute atomic E-state index is 6.12. The molecule has 0 radical (unpaired) electrons. The van der Waals surface area contributed by atoms with Gasteiger partial charge in [0.25, 0.3) is 0 Å². The summed E-state index contributed by atoms with van der Waals surface area (Å²) in [6, 6.07) is 5.64. The molecule has 0 saturated heterocycles. The Kier molecular flexibility index (Phi) is 3.98. The van der Waals surface area contributed by atoms with Crippen molar-refractivity contribution in [2.24, 2.45) is 0 Å². The average molecular weight is 251 g/mol. The smallest absolute Gasteiger partial charge is 0.126 e. The molecule has 0 aliphatic heterocycles. The second-order valence-electron chi connectivity index (χ2n) is 3.76. The Hall–Kier alpha value is -1.55. The second kappa shape index (κ2) is 5.68. The molecule has 17 heavy (non-hydrogen) atoms. The molecule has 0 unspecified atom stereocenters. The van der Waals surface area contributed by atoms with Crippen LogP contribution in [-0.4, -0.2) is 21.3 Å². The minimum absolute atomic E-state index is 0.591. The summed E-state index contributed by atoms with van der Waals surface area (Å²) in [6.45, 7) is 3.62. The molecule has 2 aromatic heterocycles. The van der Waals surface area contributed by atoms with Crippen LogP contribution in [0.4, 0.5) is 5.82 Å². The van der Waals surface area contributed by atoms with Gasteiger partial charge in [-0.25, -0.2) is 4.98 Å². The van der Waals surface area contributed by atoms with Gasteiger partial charge >= 0.3 is 0 Å². The molecule has 2 rings (SSSR count). The van der Waals surface area contributed by atoms with Crippen molar-refractivity contribution in [2.75, 3.05) is 11.9 Å². The number of rotatable bonds is 5. The van der Waals surface area contributed by atoms with Gasteiger partial charge in [0.1, 0.15) is 5.82 Å². The van der Waals surface area contributed by atoms with Crippen molar-refractivity contribution in [2.45, 2.75) is 19.9 Å². The molecule has 90 valence electrons. The first kappa shape index (κ1) is 11.9. The number of anilines is 1. The van der Waals surface area contributed by atoms with E-state index in [9.17, 15) is 0 Å². The Bertz CT molecular complexity index is 467. The summed E-state index contributed by atoms with van der Waals surface area (Å²) in [5.41, 5.74) is 0.830. The first-order chi connectivity index (χ1) is 8.29. The Morgan fingerprint density at radius 3 is 3.00 bits per heavy atom. The summed E-state index contributed by atoms with van der Waals surface area (Å²) < 4.78 is 1.80. The first-order valence-electron chi connectivity index (χ1n) is 5.66. The topological polar surface area (TPSA) is 42.7 Å². The van der Waals surface area contributed by atoms with Crippen molar-refractivity contribution < 1.29 is 0 Å². The number of halogens is 1. The first-order valence-corrected chi connectivity index (χ1v) is 6.04. The van der Waals surface area contributed by atoms with Crippen LogP contribution in [-0.2, 0) is 6.54 Å². The van der Waals surface area contributed by atoms with E-state index in [2.05, 4.69) is 22.3 Å². The summed E-state index contributed by atoms with van der Waals surface area (Å²) >= 11 is 6.12. The molecule has 0 atom stereocenters. The number of pyridine rings is 1. The minimum Gasteiger partial charge on any atom is -0.370 e. The molecule has 5 heteroatoms. The maximum Gasteiger partial charge on any atom is 0.126 e. The molecule has 0 spiro atoms. The van der Waals surface area contributed by atoms with Gasteiger partial charge in [0, 0.05) is 18.9 Å². The molecule has 0 aliphatic carbocycles. The van der Waals surface area contributed by atoms with Crippen LogP contribution in [0, 0.1) is 0 Å². The van der Waals surface area contributed by atoms with Crippen molar-refractivity contribution in [3.05, 3.63) is 41.3 Å². The number of hydrogen-bond acceptors (Lipinski definition) is 3. The molecule has 0 saturated carbocycles. The molecular weight excluding hydrogens is 236 g/mol. The van der Waals surface area contributed by atoms with Gasteiger partial charge in [0.2, 0.25) is 0 Å². The van der Waals surface area contributed by atoms with Gasteiger partial charge in [-0.2, -0.15) is 5.10 Å². The van der Waals surface area contributed by atoms with Gasteiger partial charge in [-0.3, -0.25) is 4.68 Å². The number of aromatic nitrogens is 3. The lowest BCUT2D eigenvalue weighted by molar-refractivity contribution is 0.673. The lowest BCUT2D eigenvalue weighted by atomic mass is 10.3. The van der Waals surface area contributed by atoms with E-state index in [1.54, 1.807) is 10.9 Å². The zero-order valence-electron chi connectivity index (χ0n) is 9.73. The van der Waals surface area contributed by atoms with E-state index in [1.807, 2.05) is 24.4 Å². The molecule has 0 bridgehead atoms. The van der Waals surface area contributed by atoms with Crippen molar-refractivity contribution in [3.63, 3.8) is 0 Å². The van der Waals surface area contributed by atoms with Crippen LogP contribution in [0.1, 0.15) is 19.0 Å². The Balaban J connectivity index is 2.14. The van der Waals surface area contributed by atoms with Crippen molar-refractivity contribution >= 4 is 17.4 Å². The van der Waals surface area contributed by atoms with Crippen molar-refractivity contribution in [3.8, 4) is 0 Å². The summed E-state index contributed by atoms with van der Waals surface area (Å²) in [5.74, 6) is 0.860. The fraction of sp³-hybridized carbons (Fsp3) is 0.333. The van der Waals surface area contributed by atoms with Gasteiger partial charge in [-0.05, 0) is 24.6 Å². The quantitative estimate of drug-likeness (QED) is 0.887. The van der Waals surface area contributed by atoms with E-state index in [1.165, 1.54) is 0 Å². The van der Waals surface area contributed by atoms with E-state index in [0.717, 1.165) is 24.5 Å². The lowest BCUT2D eigenvalue weighted by Crippen LogP contribution is -2.07. The summed E-state index contributed by atoms with van der Waals surface area (Å²) in [6.07, 6.45) is 4.70. The van der Waals surface area contributed by atoms with E-state index >= 15 is 0 Å². The third kappa shape index (κ3) is 3.20. The molecule has 0 aromatic carbocycles. The summed E-state index contributed by atoms with van der Waals surface area (Å²) in [7, 11) is 0. The SMILES string of the molecule is CCCNc1ccc(Cl)c(Cn2cccn2)n1. The Morgan fingerprint density at radius 1 is 1.41 bits per heavy atom. The molecular formula is C12H15ClN4. The highest BCUT2D eigenvalue weighted by molar-refractivity contribution is 6.31. The van der Waals surface area contributed by atoms with Crippen LogP contribution >= 0.6 is 11.6 Å². The summed E-state index contributed by atoms with van der Waals surface area (Å²) in [5, 5.41) is 8.05. The molecule has 0 amide bonds. The predicted molar refractivity (Wildman–Crippen MR) is 69.4 cm³/mol. The normalized spacial score (nSPS) is 10.5. The third-order valence-corrected chi connectivity index (χ3v) is 2.69. The molecule has 2 heterocycles. The second-order valence-corrected chi connectivity index (χ2v) is 4.16. The number of hydrogen-bond donors (Lipinski definition) is 1. The lowest BCUT2D eigenvalue weighted by Gasteiger charge is -2.08. The van der Waals surface area contributed by atoms with Crippen LogP contribution in [0.5, 0.6) is 0 Å². The zero-order chi connectivity index (χ0) is 12.1. The highest BCUT2D eigenvalue weighted by atomic mass is 35.5. The van der Waals surface area contributed by atoms with Crippen LogP contribution in [0.15, 0.2) is 30.6 Å². The predicted octanol–water partition coefficient (Wildman–Crippen LogP) is 2.80. The van der Waals surface area contributed by atoms with Crippen molar-refractivity contribution in [1.82, 2.24) is 14.8 Å². The van der Waals surface area contributed by atoms with E-state index in [0.29, 0.717) is 11.6 Å². The van der Waals surface area contributed by atoms with Crippen LogP contribution < -0.4 is 5.32 Å². The highest BCUT2D eigenvalue weighted by Gasteiger charge is 2.04. The average Bonchev–Trinajstić information content (AvgIpc) is 2.83. The fourth-order valence-corrected chi connectivity index (χ4v) is 1.66. The molecule has 1 N–H and O–H groups in total. The highest BCUT2D eigenvalue weighted by Crippen LogP contribution is 2.17. The van der Waals surface area contributed by atoms with Crippen LogP contribution in [0.25, 0.3) is 0 Å². The monoisotopic (exact) mass is 250 g/mol. The largest absolute Gasteiger partial charge is 0.370 e. The molecule has 4 nitrogen and oxygen atoms in total. The van der Waals surface area contributed by atoms with Gasteiger partial charge < -0.3 is 5.32 Å². The standard InChI is InChI=1S/C12H15ClN4/c1-2-6-14-12-5-4-10(13)11(16-12)9-17-8-3-7-15-17/h3-5,7-8H,2,6,9H2,1H3,(H,14,16).